The molecule has 0 saturated carbocycles. The topological polar surface area (TPSA) is 48.1 Å². The smallest absolute Gasteiger partial charge is 0.356 e. The monoisotopic (exact) mass is 166 g/mol. The molecule has 10 heavy (non-hydrogen) atoms. The van der Waals surface area contributed by atoms with Crippen molar-refractivity contribution >= 4 is 17.8 Å². The van der Waals surface area contributed by atoms with E-state index in [1.807, 2.05) is 0 Å². The standard InChI is InChI=1S/C5H7ClO4/c1-8-2-3-4(9-3)5(7)10-6/h3-4H,2H2,1H3. The maximum absolute atomic E-state index is 10.5. The second-order valence-electron chi connectivity index (χ2n) is 1.95. The zero-order valence-corrected chi connectivity index (χ0v) is 6.13. The Morgan fingerprint density at radius 1 is 1.80 bits per heavy atom. The predicted molar refractivity (Wildman–Crippen MR) is 32.5 cm³/mol. The van der Waals surface area contributed by atoms with Crippen molar-refractivity contribution in [3.63, 3.8) is 0 Å². The molecule has 0 radical (unpaired) electrons. The van der Waals surface area contributed by atoms with E-state index >= 15 is 0 Å². The first-order valence-electron chi connectivity index (χ1n) is 2.76. The maximum Gasteiger partial charge on any atom is 0.356 e. The van der Waals surface area contributed by atoms with Crippen LogP contribution >= 0.6 is 11.9 Å². The lowest BCUT2D eigenvalue weighted by Gasteiger charge is -1.89. The van der Waals surface area contributed by atoms with Gasteiger partial charge in [0.05, 0.1) is 6.61 Å². The average molecular weight is 167 g/mol. The molecule has 1 rings (SSSR count). The molecule has 1 heterocycles. The number of carbonyl (C=O) groups is 1. The van der Waals surface area contributed by atoms with Crippen LogP contribution in [0.15, 0.2) is 0 Å². The Hall–Kier alpha value is -0.320. The zero-order chi connectivity index (χ0) is 7.56. The summed E-state index contributed by atoms with van der Waals surface area (Å²) in [7, 11) is 1.53. The highest BCUT2D eigenvalue weighted by Gasteiger charge is 2.46. The van der Waals surface area contributed by atoms with Gasteiger partial charge >= 0.3 is 5.97 Å². The summed E-state index contributed by atoms with van der Waals surface area (Å²) in [5.41, 5.74) is 0. The second-order valence-corrected chi connectivity index (χ2v) is 2.10. The third-order valence-electron chi connectivity index (χ3n) is 1.22. The molecular weight excluding hydrogens is 160 g/mol. The van der Waals surface area contributed by atoms with Crippen LogP contribution in [0.2, 0.25) is 0 Å². The van der Waals surface area contributed by atoms with Crippen LogP contribution in [-0.2, 0) is 18.6 Å². The van der Waals surface area contributed by atoms with Crippen molar-refractivity contribution in [1.82, 2.24) is 0 Å². The van der Waals surface area contributed by atoms with Crippen LogP contribution in [-0.4, -0.2) is 31.9 Å². The minimum absolute atomic E-state index is 0.170. The van der Waals surface area contributed by atoms with E-state index in [0.29, 0.717) is 6.61 Å². The number of hydrogen-bond donors (Lipinski definition) is 0. The molecule has 1 saturated heterocycles. The van der Waals surface area contributed by atoms with E-state index in [4.69, 9.17) is 21.3 Å². The molecule has 0 aromatic heterocycles. The van der Waals surface area contributed by atoms with Gasteiger partial charge in [-0.15, -0.1) is 0 Å². The number of epoxide rings is 1. The number of methoxy groups -OCH3 is 1. The van der Waals surface area contributed by atoms with E-state index in [2.05, 4.69) is 4.29 Å². The molecule has 58 valence electrons. The molecule has 0 N–H and O–H groups in total. The Bertz CT molecular complexity index is 138. The second kappa shape index (κ2) is 3.18. The van der Waals surface area contributed by atoms with Gasteiger partial charge < -0.3 is 13.8 Å². The molecule has 0 aromatic carbocycles. The van der Waals surface area contributed by atoms with Crippen molar-refractivity contribution in [2.45, 2.75) is 12.2 Å². The molecule has 4 nitrogen and oxygen atoms in total. The van der Waals surface area contributed by atoms with Crippen molar-refractivity contribution in [2.75, 3.05) is 13.7 Å². The van der Waals surface area contributed by atoms with Crippen molar-refractivity contribution in [3.05, 3.63) is 0 Å². The fraction of sp³-hybridized carbons (Fsp3) is 0.800. The van der Waals surface area contributed by atoms with Crippen LogP contribution in [0.4, 0.5) is 0 Å². The Morgan fingerprint density at radius 2 is 2.50 bits per heavy atom. The maximum atomic E-state index is 10.5. The molecule has 5 heteroatoms. The molecular formula is C5H7ClO4. The van der Waals surface area contributed by atoms with E-state index in [1.165, 1.54) is 7.11 Å². The zero-order valence-electron chi connectivity index (χ0n) is 5.37. The highest BCUT2D eigenvalue weighted by Crippen LogP contribution is 2.23. The van der Waals surface area contributed by atoms with Gasteiger partial charge in [-0.05, 0) is 0 Å². The van der Waals surface area contributed by atoms with E-state index in [1.54, 1.807) is 0 Å². The van der Waals surface area contributed by atoms with Crippen LogP contribution in [0.25, 0.3) is 0 Å². The molecule has 0 aromatic rings. The molecule has 1 aliphatic heterocycles. The average Bonchev–Trinajstić information content (AvgIpc) is 2.67. The first-order chi connectivity index (χ1) is 4.79. The number of hydrogen-bond acceptors (Lipinski definition) is 4. The Balaban J connectivity index is 2.18. The lowest BCUT2D eigenvalue weighted by Crippen LogP contribution is -2.12. The fourth-order valence-electron chi connectivity index (χ4n) is 0.685. The Labute approximate surface area is 63.2 Å². The van der Waals surface area contributed by atoms with Crippen LogP contribution in [0.5, 0.6) is 0 Å². The summed E-state index contributed by atoms with van der Waals surface area (Å²) >= 11 is 4.78. The fourth-order valence-corrected chi connectivity index (χ4v) is 0.773. The lowest BCUT2D eigenvalue weighted by molar-refractivity contribution is -0.135. The third-order valence-corrected chi connectivity index (χ3v) is 1.37. The highest BCUT2D eigenvalue weighted by molar-refractivity contribution is 6.13. The van der Waals surface area contributed by atoms with Gasteiger partial charge in [0.25, 0.3) is 0 Å². The van der Waals surface area contributed by atoms with Crippen LogP contribution < -0.4 is 0 Å². The van der Waals surface area contributed by atoms with Gasteiger partial charge in [0.15, 0.2) is 6.10 Å². The van der Waals surface area contributed by atoms with Crippen molar-refractivity contribution in [1.29, 1.82) is 0 Å². The molecule has 0 amide bonds. The highest BCUT2D eigenvalue weighted by atomic mass is 35.5. The molecule has 1 fully saturated rings. The summed E-state index contributed by atoms with van der Waals surface area (Å²) < 4.78 is 13.4. The van der Waals surface area contributed by atoms with Crippen molar-refractivity contribution in [2.24, 2.45) is 0 Å². The first kappa shape index (κ1) is 7.78. The van der Waals surface area contributed by atoms with Gasteiger partial charge in [-0.3, -0.25) is 0 Å². The van der Waals surface area contributed by atoms with Gasteiger partial charge in [0, 0.05) is 7.11 Å². The van der Waals surface area contributed by atoms with Crippen LogP contribution in [0.3, 0.4) is 0 Å². The molecule has 0 spiro atoms. The van der Waals surface area contributed by atoms with E-state index in [-0.39, 0.29) is 6.10 Å². The minimum atomic E-state index is -0.552. The van der Waals surface area contributed by atoms with E-state index in [0.717, 1.165) is 0 Å². The SMILES string of the molecule is COCC1OC1C(=O)OCl. The number of carbonyl (C=O) groups excluding carboxylic acids is 1. The summed E-state index contributed by atoms with van der Waals surface area (Å²) in [4.78, 5) is 10.5. The third kappa shape index (κ3) is 1.59. The number of ether oxygens (including phenoxy) is 2. The summed E-state index contributed by atoms with van der Waals surface area (Å²) in [6, 6.07) is 0. The number of rotatable bonds is 3. The molecule has 0 bridgehead atoms. The quantitative estimate of drug-likeness (QED) is 0.558. The lowest BCUT2D eigenvalue weighted by atomic mass is 10.3. The summed E-state index contributed by atoms with van der Waals surface area (Å²) in [6.45, 7) is 0.399. The largest absolute Gasteiger partial charge is 0.382 e. The summed E-state index contributed by atoms with van der Waals surface area (Å²) in [5, 5.41) is 0. The molecule has 2 atom stereocenters. The summed E-state index contributed by atoms with van der Waals surface area (Å²) in [5.74, 6) is -0.552. The van der Waals surface area contributed by atoms with Crippen molar-refractivity contribution in [3.8, 4) is 0 Å². The predicted octanol–water partition coefficient (Wildman–Crippen LogP) is 0.0972. The summed E-state index contributed by atoms with van der Waals surface area (Å²) in [6.07, 6.45) is -0.686. The Morgan fingerprint density at radius 3 is 3.00 bits per heavy atom. The van der Waals surface area contributed by atoms with Gasteiger partial charge in [0.2, 0.25) is 0 Å². The van der Waals surface area contributed by atoms with E-state index < -0.39 is 12.1 Å². The van der Waals surface area contributed by atoms with Gasteiger partial charge in [-0.2, -0.15) is 0 Å². The Kier molecular flexibility index (Phi) is 2.48. The molecule has 1 aliphatic rings. The molecule has 2 unspecified atom stereocenters. The normalized spacial score (nSPS) is 29.8. The number of halogens is 1. The van der Waals surface area contributed by atoms with Crippen LogP contribution in [0, 0.1) is 0 Å². The first-order valence-corrected chi connectivity index (χ1v) is 3.07. The van der Waals surface area contributed by atoms with Gasteiger partial charge in [-0.25, -0.2) is 4.79 Å². The minimum Gasteiger partial charge on any atom is -0.382 e. The van der Waals surface area contributed by atoms with Crippen molar-refractivity contribution < 1.29 is 18.6 Å². The van der Waals surface area contributed by atoms with E-state index in [9.17, 15) is 4.79 Å². The molecule has 0 aliphatic carbocycles. The van der Waals surface area contributed by atoms with Gasteiger partial charge in [-0.1, -0.05) is 0 Å². The van der Waals surface area contributed by atoms with Crippen LogP contribution in [0.1, 0.15) is 0 Å². The van der Waals surface area contributed by atoms with Gasteiger partial charge in [0.1, 0.15) is 18.0 Å².